The Kier molecular flexibility index (Phi) is 22.4. The fraction of sp³-hybridized carbons (Fsp3) is 0.0270. The average molecular weight is 2160 g/mol. The van der Waals surface area contributed by atoms with Crippen LogP contribution in [0.15, 0.2) is 383 Å². The summed E-state index contributed by atoms with van der Waals surface area (Å²) in [5.41, 5.74) is 30.8. The molecule has 0 aliphatic heterocycles. The van der Waals surface area contributed by atoms with Gasteiger partial charge in [0.2, 0.25) is 0 Å². The molecule has 9 heterocycles. The molecule has 24 rings (SSSR count). The Morgan fingerprint density at radius 1 is 0.230 bits per heavy atom. The molecular weight excluding hydrogens is 2090 g/mol. The molecule has 9 aromatic heterocycles. The van der Waals surface area contributed by atoms with Gasteiger partial charge in [-0.25, -0.2) is 0 Å². The van der Waals surface area contributed by atoms with Crippen LogP contribution in [0.1, 0.15) is 0 Å². The second-order valence-electron chi connectivity index (χ2n) is 30.6. The van der Waals surface area contributed by atoms with Crippen molar-refractivity contribution in [2.75, 3.05) is 0 Å². The molecule has 0 atom stereocenters. The zero-order chi connectivity index (χ0) is 82.0. The van der Waals surface area contributed by atoms with E-state index in [2.05, 4.69) is 373 Å². The van der Waals surface area contributed by atoms with Crippen LogP contribution in [-0.2, 0) is 84.3 Å². The fourth-order valence-electron chi connectivity index (χ4n) is 17.5. The maximum atomic E-state index is 4.97. The molecule has 24 aromatic rings. The molecule has 0 aliphatic carbocycles. The number of aromatic nitrogens is 12. The van der Waals surface area contributed by atoms with Crippen molar-refractivity contribution in [1.29, 1.82) is 0 Å². The zero-order valence-electron chi connectivity index (χ0n) is 68.2. The third-order valence-electron chi connectivity index (χ3n) is 23.3. The number of fused-ring (bicyclic) bond motifs is 12. The average Bonchev–Trinajstić information content (AvgIpc) is 1.58. The van der Waals surface area contributed by atoms with E-state index in [0.29, 0.717) is 0 Å². The molecule has 126 heavy (non-hydrogen) atoms. The van der Waals surface area contributed by atoms with Gasteiger partial charge in [0.15, 0.2) is 0 Å². The van der Waals surface area contributed by atoms with Gasteiger partial charge in [0, 0.05) is 61.8 Å². The second-order valence-corrected chi connectivity index (χ2v) is 30.6. The Morgan fingerprint density at radius 3 is 1.05 bits per heavy atom. The minimum atomic E-state index is 0. The van der Waals surface area contributed by atoms with Crippen LogP contribution in [0, 0.1) is 36.4 Å². The molecule has 15 heteroatoms. The molecule has 15 aromatic carbocycles. The maximum absolute atomic E-state index is 4.97. The maximum Gasteiger partial charge on any atom is 2.00 e. The molecule has 0 saturated heterocycles. The van der Waals surface area contributed by atoms with Gasteiger partial charge in [-0.05, 0) is 161 Å². The van der Waals surface area contributed by atoms with Crippen molar-refractivity contribution in [1.82, 2.24) is 57.3 Å². The van der Waals surface area contributed by atoms with Crippen molar-refractivity contribution < 1.29 is 63.2 Å². The number of nitrogens with zero attached hydrogens (tertiary/aromatic N) is 12. The number of hydrogen-bond donors (Lipinski definition) is 0. The summed E-state index contributed by atoms with van der Waals surface area (Å²) in [4.78, 5) is 28.6. The van der Waals surface area contributed by atoms with Crippen molar-refractivity contribution in [3.05, 3.63) is 419 Å². The standard InChI is InChI=1S/3C37H24N4.3Pt/c1-40-34-19-6-5-18-33(34)39-37(40)27-20-21-30-31-16-10-15-29(25-11-3-2-4-12-25)36(31)41(35(30)24-27)28-14-9-13-26(23-28)32-17-7-8-22-38-32;1-40-33-18-6-5-17-32(33)39-37(40)27-20-21-30-35(24-27)41(28-14-9-13-26(23-28)31-16-7-8-22-38-31)34-19-10-15-29(36(30)34)25-11-3-2-4-12-25;1-40-34-16-6-5-15-33(34)39-37(40)28-18-20-31-30-19-17-26(25-10-3-2-4-11-25)23-35(30)41(36(31)24-28)29-13-9-12-27(22-29)32-14-7-8-21-38-32;;;/h2*2-22H,1H3;2-21,23H,1H3;;;/q3*-2;3*+2. The summed E-state index contributed by atoms with van der Waals surface area (Å²) in [5.74, 6) is 2.67. The molecule has 0 fully saturated rings. The normalized spacial score (nSPS) is 11.3. The first-order valence-electron chi connectivity index (χ1n) is 41.0. The summed E-state index contributed by atoms with van der Waals surface area (Å²) in [6, 6.07) is 148. The second kappa shape index (κ2) is 34.7. The first-order chi connectivity index (χ1) is 60.8. The third-order valence-corrected chi connectivity index (χ3v) is 23.3. The van der Waals surface area contributed by atoms with E-state index in [4.69, 9.17) is 15.0 Å². The molecule has 0 bridgehead atoms. The smallest absolute Gasteiger partial charge is 0.367 e. The van der Waals surface area contributed by atoms with E-state index in [-0.39, 0.29) is 63.2 Å². The molecule has 0 unspecified atom stereocenters. The van der Waals surface area contributed by atoms with Crippen molar-refractivity contribution in [3.8, 4) is 118 Å². The first kappa shape index (κ1) is 81.3. The van der Waals surface area contributed by atoms with Crippen LogP contribution >= 0.6 is 0 Å². The van der Waals surface area contributed by atoms with Gasteiger partial charge in [-0.1, -0.05) is 222 Å². The largest absolute Gasteiger partial charge is 2.00 e. The predicted molar refractivity (Wildman–Crippen MR) is 500 cm³/mol. The number of pyridine rings is 3. The Hall–Kier alpha value is -14.4. The Labute approximate surface area is 770 Å². The van der Waals surface area contributed by atoms with Crippen molar-refractivity contribution in [3.63, 3.8) is 0 Å². The van der Waals surface area contributed by atoms with Gasteiger partial charge in [0.05, 0.1) is 50.6 Å². The van der Waals surface area contributed by atoms with Crippen LogP contribution in [-0.4, -0.2) is 57.3 Å². The molecule has 606 valence electrons. The van der Waals surface area contributed by atoms with Gasteiger partial charge in [-0.15, -0.1) is 161 Å². The topological polar surface area (TPSA) is 107 Å². The summed E-state index contributed by atoms with van der Waals surface area (Å²) in [6.45, 7) is 0. The SMILES string of the molecule is Cn1c(-c2[c-]c3c(cc2)c2c(-c4ccccc4)cccc2n3-c2[c-]c(-c3ccccn3)ccc2)nc2ccccc21.Cn1c(-c2[c-]c3c(cc2)c2ccc(-c4ccccc4)cc2n3-c2[c-]c(-c3ccccn3)ccc2)nc2ccccc21.Cn1c(-c2[c-]c3c(cc2)c2cccc(-c4ccccc4)c2n3-c2[c-]c(-c3ccccn3)ccc2)nc2ccccc21.[Pt+2].[Pt+2].[Pt+2]. The van der Waals surface area contributed by atoms with Crippen LogP contribution in [0.25, 0.3) is 217 Å². The van der Waals surface area contributed by atoms with Crippen LogP contribution in [0.4, 0.5) is 0 Å². The van der Waals surface area contributed by atoms with E-state index < -0.39 is 0 Å². The Bertz CT molecular complexity index is 7990. The monoisotopic (exact) mass is 2160 g/mol. The molecule has 0 saturated carbocycles. The van der Waals surface area contributed by atoms with Gasteiger partial charge in [-0.3, -0.25) is 15.0 Å². The van der Waals surface area contributed by atoms with Gasteiger partial charge in [0.1, 0.15) is 0 Å². The summed E-state index contributed by atoms with van der Waals surface area (Å²) in [7, 11) is 6.19. The van der Waals surface area contributed by atoms with Gasteiger partial charge in [-0.2, -0.15) is 0 Å². The van der Waals surface area contributed by atoms with Crippen LogP contribution in [0.5, 0.6) is 0 Å². The van der Waals surface area contributed by atoms with Crippen molar-refractivity contribution >= 4 is 98.5 Å². The van der Waals surface area contributed by atoms with E-state index in [1.165, 1.54) is 44.0 Å². The van der Waals surface area contributed by atoms with Crippen LogP contribution in [0.2, 0.25) is 0 Å². The van der Waals surface area contributed by atoms with E-state index in [9.17, 15) is 0 Å². The molecule has 0 spiro atoms. The molecule has 0 amide bonds. The number of rotatable bonds is 12. The number of aryl methyl sites for hydroxylation is 3. The molecule has 0 N–H and O–H groups in total. The molecule has 0 aliphatic rings. The predicted octanol–water partition coefficient (Wildman–Crippen LogP) is 26.0. The summed E-state index contributed by atoms with van der Waals surface area (Å²) >= 11 is 0. The Morgan fingerprint density at radius 2 is 0.587 bits per heavy atom. The van der Waals surface area contributed by atoms with Gasteiger partial charge in [0.25, 0.3) is 0 Å². The molecule has 0 radical (unpaired) electrons. The third kappa shape index (κ3) is 14.7. The van der Waals surface area contributed by atoms with E-state index in [1.807, 2.05) is 110 Å². The van der Waals surface area contributed by atoms with Gasteiger partial charge < -0.3 is 42.4 Å². The number of para-hydroxylation sites is 7. The minimum Gasteiger partial charge on any atom is -0.367 e. The summed E-state index contributed by atoms with van der Waals surface area (Å²) < 4.78 is 13.3. The van der Waals surface area contributed by atoms with Crippen LogP contribution < -0.4 is 0 Å². The summed E-state index contributed by atoms with van der Waals surface area (Å²) in [5, 5.41) is 6.95. The minimum absolute atomic E-state index is 0. The molecule has 12 nitrogen and oxygen atoms in total. The Balaban J connectivity index is 0.000000122. The fourth-order valence-corrected chi connectivity index (χ4v) is 17.5. The number of imidazole rings is 3. The summed E-state index contributed by atoms with van der Waals surface area (Å²) in [6.07, 6.45) is 5.46. The van der Waals surface area contributed by atoms with E-state index >= 15 is 0 Å². The number of benzene rings is 15. The van der Waals surface area contributed by atoms with Crippen LogP contribution in [0.3, 0.4) is 0 Å². The van der Waals surface area contributed by atoms with E-state index in [0.717, 1.165) is 173 Å². The zero-order valence-corrected chi connectivity index (χ0v) is 75.0. The first-order valence-corrected chi connectivity index (χ1v) is 41.0. The van der Waals surface area contributed by atoms with Crippen molar-refractivity contribution in [2.24, 2.45) is 21.1 Å². The van der Waals surface area contributed by atoms with E-state index in [1.54, 1.807) is 0 Å². The number of hydrogen-bond acceptors (Lipinski definition) is 6. The van der Waals surface area contributed by atoms with Gasteiger partial charge >= 0.3 is 63.2 Å². The van der Waals surface area contributed by atoms with Crippen molar-refractivity contribution in [2.45, 2.75) is 0 Å². The molecular formula is C111H72N12Pt3. The quantitative estimate of drug-likeness (QED) is 0.113.